The Hall–Kier alpha value is -0.650. The summed E-state index contributed by atoms with van der Waals surface area (Å²) in [7, 11) is 0. The first-order valence-electron chi connectivity index (χ1n) is 6.27. The molecule has 0 amide bonds. The third-order valence-corrected chi connectivity index (χ3v) is 5.19. The van der Waals surface area contributed by atoms with Crippen molar-refractivity contribution in [3.05, 3.63) is 27.2 Å². The summed E-state index contributed by atoms with van der Waals surface area (Å²) in [5.41, 5.74) is 3.71. The number of hydrogen-bond donors (Lipinski definition) is 2. The first-order chi connectivity index (χ1) is 8.75. The van der Waals surface area contributed by atoms with Gasteiger partial charge in [-0.1, -0.05) is 0 Å². The fraction of sp³-hybridized carbons (Fsp3) is 0.462. The molecule has 0 saturated carbocycles. The summed E-state index contributed by atoms with van der Waals surface area (Å²) in [6.07, 6.45) is 2.51. The zero-order valence-corrected chi connectivity index (χ0v) is 12.7. The lowest BCUT2D eigenvalue weighted by molar-refractivity contribution is 0.453. The maximum Gasteiger partial charge on any atom is 0.105 e. The fourth-order valence-corrected chi connectivity index (χ4v) is 4.02. The molecule has 5 heteroatoms. The van der Waals surface area contributed by atoms with Crippen molar-refractivity contribution in [2.45, 2.75) is 25.7 Å². The molecule has 1 fully saturated rings. The number of halogens is 1. The number of aromatic nitrogens is 2. The first kappa shape index (κ1) is 12.4. The minimum atomic E-state index is 0.586. The summed E-state index contributed by atoms with van der Waals surface area (Å²) in [4.78, 5) is 1.23. The molecule has 0 spiro atoms. The van der Waals surface area contributed by atoms with Gasteiger partial charge in [0.25, 0.3) is 0 Å². The zero-order valence-electron chi connectivity index (χ0n) is 10.3. The number of nitrogens with one attached hydrogen (secondary N) is 2. The molecule has 2 aromatic heterocycles. The van der Waals surface area contributed by atoms with Crippen LogP contribution in [0.2, 0.25) is 0 Å². The van der Waals surface area contributed by atoms with Crippen LogP contribution in [0.25, 0.3) is 10.6 Å². The number of aromatic amines is 1. The summed E-state index contributed by atoms with van der Waals surface area (Å²) in [5.74, 6) is 0.586. The van der Waals surface area contributed by atoms with E-state index in [-0.39, 0.29) is 0 Å². The molecule has 3 heterocycles. The van der Waals surface area contributed by atoms with Gasteiger partial charge in [-0.25, -0.2) is 0 Å². The smallest absolute Gasteiger partial charge is 0.105 e. The van der Waals surface area contributed by atoms with Gasteiger partial charge in [-0.15, -0.1) is 11.3 Å². The van der Waals surface area contributed by atoms with Crippen molar-refractivity contribution in [1.29, 1.82) is 0 Å². The van der Waals surface area contributed by atoms with Crippen LogP contribution >= 0.6 is 27.3 Å². The Bertz CT molecular complexity index is 540. The van der Waals surface area contributed by atoms with Gasteiger partial charge in [0.1, 0.15) is 5.69 Å². The van der Waals surface area contributed by atoms with Crippen molar-refractivity contribution in [2.75, 3.05) is 13.1 Å². The van der Waals surface area contributed by atoms with Crippen LogP contribution in [0.15, 0.2) is 15.9 Å². The van der Waals surface area contributed by atoms with Crippen molar-refractivity contribution in [3.8, 4) is 10.6 Å². The highest BCUT2D eigenvalue weighted by molar-refractivity contribution is 9.11. The average Bonchev–Trinajstić information content (AvgIpc) is 2.97. The first-order valence-corrected chi connectivity index (χ1v) is 7.88. The lowest BCUT2D eigenvalue weighted by Gasteiger charge is -2.22. The summed E-state index contributed by atoms with van der Waals surface area (Å²) < 4.78 is 1.15. The topological polar surface area (TPSA) is 40.7 Å². The fourth-order valence-electron chi connectivity index (χ4n) is 2.59. The second-order valence-corrected chi connectivity index (χ2v) is 7.22. The highest BCUT2D eigenvalue weighted by atomic mass is 79.9. The van der Waals surface area contributed by atoms with Gasteiger partial charge >= 0.3 is 0 Å². The summed E-state index contributed by atoms with van der Waals surface area (Å²) >= 11 is 5.24. The van der Waals surface area contributed by atoms with Crippen molar-refractivity contribution in [2.24, 2.45) is 0 Å². The number of rotatable bonds is 2. The standard InChI is InChI=1S/C13H16BrN3S/c1-8-12(9-3-2-6-15-7-9)16-17-13(8)10-4-5-11(14)18-10/h4-5,9,15H,2-3,6-7H2,1H3,(H,16,17). The minimum Gasteiger partial charge on any atom is -0.316 e. The van der Waals surface area contributed by atoms with Crippen molar-refractivity contribution in [3.63, 3.8) is 0 Å². The van der Waals surface area contributed by atoms with E-state index < -0.39 is 0 Å². The predicted molar refractivity (Wildman–Crippen MR) is 79.2 cm³/mol. The molecule has 0 bridgehead atoms. The minimum absolute atomic E-state index is 0.586. The van der Waals surface area contributed by atoms with Gasteiger partial charge in [0.05, 0.1) is 8.66 Å². The van der Waals surface area contributed by atoms with E-state index in [0.717, 1.165) is 22.6 Å². The van der Waals surface area contributed by atoms with Crippen molar-refractivity contribution in [1.82, 2.24) is 15.5 Å². The van der Waals surface area contributed by atoms with Gasteiger partial charge in [-0.2, -0.15) is 5.10 Å². The Morgan fingerprint density at radius 1 is 1.44 bits per heavy atom. The largest absolute Gasteiger partial charge is 0.316 e. The van der Waals surface area contributed by atoms with E-state index in [2.05, 4.69) is 50.5 Å². The van der Waals surface area contributed by atoms with E-state index in [4.69, 9.17) is 0 Å². The van der Waals surface area contributed by atoms with Gasteiger partial charge in [-0.3, -0.25) is 5.10 Å². The van der Waals surface area contributed by atoms with Gasteiger partial charge in [-0.05, 0) is 59.9 Å². The molecule has 0 aromatic carbocycles. The van der Waals surface area contributed by atoms with E-state index in [0.29, 0.717) is 5.92 Å². The highest BCUT2D eigenvalue weighted by Crippen LogP contribution is 2.35. The molecule has 3 nitrogen and oxygen atoms in total. The van der Waals surface area contributed by atoms with Crippen LogP contribution in [-0.2, 0) is 0 Å². The number of thiophene rings is 1. The monoisotopic (exact) mass is 325 g/mol. The molecule has 18 heavy (non-hydrogen) atoms. The Labute approximate surface area is 119 Å². The molecule has 2 aromatic rings. The van der Waals surface area contributed by atoms with E-state index >= 15 is 0 Å². The van der Waals surface area contributed by atoms with E-state index in [1.807, 2.05) is 0 Å². The number of hydrogen-bond acceptors (Lipinski definition) is 3. The van der Waals surface area contributed by atoms with Crippen LogP contribution in [0.4, 0.5) is 0 Å². The lowest BCUT2D eigenvalue weighted by atomic mass is 9.93. The van der Waals surface area contributed by atoms with Crippen LogP contribution in [0, 0.1) is 6.92 Å². The quantitative estimate of drug-likeness (QED) is 0.884. The maximum absolute atomic E-state index is 4.51. The van der Waals surface area contributed by atoms with E-state index in [9.17, 15) is 0 Å². The Balaban J connectivity index is 1.92. The predicted octanol–water partition coefficient (Wildman–Crippen LogP) is 3.68. The third kappa shape index (κ3) is 2.27. The second kappa shape index (κ2) is 5.15. The van der Waals surface area contributed by atoms with Crippen molar-refractivity contribution >= 4 is 27.3 Å². The van der Waals surface area contributed by atoms with Crippen LogP contribution in [0.5, 0.6) is 0 Å². The molecule has 3 rings (SSSR count). The summed E-state index contributed by atoms with van der Waals surface area (Å²) in [5, 5.41) is 11.2. The molecule has 2 N–H and O–H groups in total. The van der Waals surface area contributed by atoms with E-state index in [1.54, 1.807) is 11.3 Å². The van der Waals surface area contributed by atoms with E-state index in [1.165, 1.54) is 29.0 Å². The molecule has 1 aliphatic rings. The lowest BCUT2D eigenvalue weighted by Crippen LogP contribution is -2.28. The molecule has 1 atom stereocenters. The van der Waals surface area contributed by atoms with Crippen LogP contribution in [0.1, 0.15) is 30.0 Å². The molecule has 1 unspecified atom stereocenters. The Morgan fingerprint density at radius 3 is 3.00 bits per heavy atom. The molecule has 1 aliphatic heterocycles. The average molecular weight is 326 g/mol. The Morgan fingerprint density at radius 2 is 2.33 bits per heavy atom. The number of H-pyrrole nitrogens is 1. The summed E-state index contributed by atoms with van der Waals surface area (Å²) in [6.45, 7) is 4.39. The number of piperidine rings is 1. The van der Waals surface area contributed by atoms with Crippen LogP contribution < -0.4 is 5.32 Å². The third-order valence-electron chi connectivity index (χ3n) is 3.56. The van der Waals surface area contributed by atoms with Gasteiger partial charge in [0.15, 0.2) is 0 Å². The highest BCUT2D eigenvalue weighted by Gasteiger charge is 2.21. The molecular formula is C13H16BrN3S. The van der Waals surface area contributed by atoms with Crippen molar-refractivity contribution < 1.29 is 0 Å². The van der Waals surface area contributed by atoms with Crippen LogP contribution in [-0.4, -0.2) is 23.3 Å². The zero-order chi connectivity index (χ0) is 12.5. The molecule has 0 radical (unpaired) electrons. The van der Waals surface area contributed by atoms with Gasteiger partial charge in [0.2, 0.25) is 0 Å². The van der Waals surface area contributed by atoms with Crippen LogP contribution in [0.3, 0.4) is 0 Å². The summed E-state index contributed by atoms with van der Waals surface area (Å²) in [6, 6.07) is 4.21. The molecule has 96 valence electrons. The maximum atomic E-state index is 4.51. The van der Waals surface area contributed by atoms with Gasteiger partial charge in [0, 0.05) is 18.2 Å². The Kier molecular flexibility index (Phi) is 3.54. The van der Waals surface area contributed by atoms with Gasteiger partial charge < -0.3 is 5.32 Å². The SMILES string of the molecule is Cc1c(-c2ccc(Br)s2)n[nH]c1C1CCCNC1. The second-order valence-electron chi connectivity index (χ2n) is 4.76. The number of nitrogens with zero attached hydrogens (tertiary/aromatic N) is 1. The molecular weight excluding hydrogens is 310 g/mol. The molecule has 0 aliphatic carbocycles. The molecule has 1 saturated heterocycles. The normalized spacial score (nSPS) is 20.2.